The number of nitrogens with zero attached hydrogens (tertiary/aromatic N) is 2. The third kappa shape index (κ3) is 3.96. The molecular formula is C18H25ClN4O2. The van der Waals surface area contributed by atoms with E-state index < -0.39 is 0 Å². The number of hydrogen-bond acceptors (Lipinski definition) is 4. The number of amides is 1. The molecule has 3 N–H and O–H groups in total. The zero-order valence-corrected chi connectivity index (χ0v) is 15.6. The summed E-state index contributed by atoms with van der Waals surface area (Å²) in [5.41, 5.74) is 7.78. The number of carbonyl (C=O) groups excluding carboxylic acids is 1. The molecule has 3 rings (SSSR count). The first-order valence-corrected chi connectivity index (χ1v) is 8.20. The summed E-state index contributed by atoms with van der Waals surface area (Å²) in [4.78, 5) is 12.5. The second kappa shape index (κ2) is 7.45. The van der Waals surface area contributed by atoms with E-state index in [2.05, 4.69) is 10.4 Å². The molecule has 25 heavy (non-hydrogen) atoms. The molecule has 0 saturated heterocycles. The Labute approximate surface area is 154 Å². The highest BCUT2D eigenvalue weighted by atomic mass is 35.5. The molecule has 1 fully saturated rings. The van der Waals surface area contributed by atoms with Gasteiger partial charge in [-0.15, -0.1) is 12.4 Å². The molecule has 0 spiro atoms. The summed E-state index contributed by atoms with van der Waals surface area (Å²) < 4.78 is 7.05. The normalized spacial score (nSPS) is 15.8. The first-order valence-electron chi connectivity index (χ1n) is 8.20. The van der Waals surface area contributed by atoms with Gasteiger partial charge in [-0.2, -0.15) is 5.10 Å². The van der Waals surface area contributed by atoms with Gasteiger partial charge >= 0.3 is 0 Å². The number of halogens is 1. The van der Waals surface area contributed by atoms with Gasteiger partial charge in [-0.3, -0.25) is 4.79 Å². The van der Waals surface area contributed by atoms with Gasteiger partial charge in [0.05, 0.1) is 12.6 Å². The monoisotopic (exact) mass is 364 g/mol. The highest BCUT2D eigenvalue weighted by Crippen LogP contribution is 2.39. The van der Waals surface area contributed by atoms with E-state index in [-0.39, 0.29) is 23.9 Å². The van der Waals surface area contributed by atoms with Gasteiger partial charge in [-0.1, -0.05) is 6.07 Å². The topological polar surface area (TPSA) is 82.2 Å². The Kier molecular flexibility index (Phi) is 5.75. The molecule has 0 radical (unpaired) electrons. The summed E-state index contributed by atoms with van der Waals surface area (Å²) in [6.45, 7) is 4.43. The van der Waals surface area contributed by atoms with Crippen LogP contribution in [0.3, 0.4) is 0 Å². The van der Waals surface area contributed by atoms with Crippen LogP contribution >= 0.6 is 12.4 Å². The molecule has 136 valence electrons. The van der Waals surface area contributed by atoms with E-state index in [0.717, 1.165) is 24.1 Å². The summed E-state index contributed by atoms with van der Waals surface area (Å²) in [7, 11) is 1.62. The molecule has 1 aromatic carbocycles. The van der Waals surface area contributed by atoms with Crippen molar-refractivity contribution >= 4 is 18.3 Å². The molecule has 1 amide bonds. The quantitative estimate of drug-likeness (QED) is 0.824. The number of nitrogens with two attached hydrogens (primary N) is 1. The lowest BCUT2D eigenvalue weighted by Crippen LogP contribution is -2.53. The van der Waals surface area contributed by atoms with E-state index >= 15 is 0 Å². The third-order valence-electron chi connectivity index (χ3n) is 4.70. The van der Waals surface area contributed by atoms with E-state index in [4.69, 9.17) is 10.5 Å². The fourth-order valence-corrected chi connectivity index (χ4v) is 2.92. The first-order chi connectivity index (χ1) is 11.5. The molecular weight excluding hydrogens is 340 g/mol. The molecule has 1 aliphatic carbocycles. The summed E-state index contributed by atoms with van der Waals surface area (Å²) in [6, 6.07) is 7.55. The number of ether oxygens (including phenoxy) is 1. The second-order valence-electron chi connectivity index (χ2n) is 6.67. The van der Waals surface area contributed by atoms with Crippen LogP contribution < -0.4 is 15.8 Å². The van der Waals surface area contributed by atoms with E-state index in [1.54, 1.807) is 24.1 Å². The van der Waals surface area contributed by atoms with E-state index in [1.807, 2.05) is 32.0 Å². The summed E-state index contributed by atoms with van der Waals surface area (Å²) in [5.74, 6) is 0.978. The summed E-state index contributed by atoms with van der Waals surface area (Å²) >= 11 is 0. The predicted molar refractivity (Wildman–Crippen MR) is 99.8 cm³/mol. The minimum atomic E-state index is -0.359. The van der Waals surface area contributed by atoms with Crippen LogP contribution in [0.4, 0.5) is 0 Å². The minimum absolute atomic E-state index is 0. The van der Waals surface area contributed by atoms with Crippen LogP contribution in [0.2, 0.25) is 0 Å². The van der Waals surface area contributed by atoms with Crippen LogP contribution in [0.15, 0.2) is 30.5 Å². The van der Waals surface area contributed by atoms with Crippen LogP contribution in [-0.2, 0) is 0 Å². The summed E-state index contributed by atoms with van der Waals surface area (Å²) in [6.07, 6.45) is 3.99. The van der Waals surface area contributed by atoms with Gasteiger partial charge in [0.15, 0.2) is 5.69 Å². The van der Waals surface area contributed by atoms with Crippen LogP contribution in [-0.4, -0.2) is 34.9 Å². The molecule has 1 aliphatic rings. The van der Waals surface area contributed by atoms with Crippen molar-refractivity contribution in [2.45, 2.75) is 32.2 Å². The maximum atomic E-state index is 12.5. The Morgan fingerprint density at radius 3 is 2.76 bits per heavy atom. The lowest BCUT2D eigenvalue weighted by Gasteiger charge is -2.29. The van der Waals surface area contributed by atoms with Gasteiger partial charge in [0.2, 0.25) is 0 Å². The zero-order valence-electron chi connectivity index (χ0n) is 14.8. The van der Waals surface area contributed by atoms with Crippen molar-refractivity contribution in [3.63, 3.8) is 0 Å². The Morgan fingerprint density at radius 1 is 1.44 bits per heavy atom. The molecule has 0 aliphatic heterocycles. The Hall–Kier alpha value is -2.05. The number of aryl methyl sites for hydroxylation is 1. The lowest BCUT2D eigenvalue weighted by atomic mass is 9.96. The largest absolute Gasteiger partial charge is 0.494 e. The number of hydrogen-bond donors (Lipinski definition) is 2. The van der Waals surface area contributed by atoms with Crippen molar-refractivity contribution < 1.29 is 9.53 Å². The van der Waals surface area contributed by atoms with Crippen LogP contribution in [0.5, 0.6) is 5.75 Å². The van der Waals surface area contributed by atoms with Crippen molar-refractivity contribution in [3.8, 4) is 11.4 Å². The lowest BCUT2D eigenvalue weighted by molar-refractivity contribution is 0.0892. The van der Waals surface area contributed by atoms with Crippen molar-refractivity contribution in [1.29, 1.82) is 0 Å². The fourth-order valence-electron chi connectivity index (χ4n) is 2.92. The molecule has 1 saturated carbocycles. The standard InChI is InChI=1S/C18H24N4O2.ClH/c1-12-4-7-16(24-3)15(10-12)22-9-8-14(21-22)17(23)20-18(2,11-19)13-5-6-13;/h4,7-10,13H,5-6,11,19H2,1-3H3,(H,20,23);1H. The average molecular weight is 365 g/mol. The van der Waals surface area contributed by atoms with Gasteiger partial charge in [-0.05, 0) is 56.4 Å². The molecule has 7 heteroatoms. The van der Waals surface area contributed by atoms with E-state index in [9.17, 15) is 4.79 Å². The van der Waals surface area contributed by atoms with E-state index in [1.165, 1.54) is 0 Å². The van der Waals surface area contributed by atoms with Gasteiger partial charge in [0.1, 0.15) is 11.4 Å². The SMILES string of the molecule is COc1ccc(C)cc1-n1ccc(C(=O)NC(C)(CN)C2CC2)n1.Cl. The van der Waals surface area contributed by atoms with Crippen molar-refractivity contribution in [2.24, 2.45) is 11.7 Å². The minimum Gasteiger partial charge on any atom is -0.494 e. The number of methoxy groups -OCH3 is 1. The van der Waals surface area contributed by atoms with Crippen LogP contribution in [0.25, 0.3) is 5.69 Å². The molecule has 2 aromatic rings. The Bertz CT molecular complexity index is 757. The second-order valence-corrected chi connectivity index (χ2v) is 6.67. The smallest absolute Gasteiger partial charge is 0.272 e. The fraction of sp³-hybridized carbons (Fsp3) is 0.444. The first kappa shape index (κ1) is 19.3. The van der Waals surface area contributed by atoms with Gasteiger partial charge in [-0.25, -0.2) is 4.68 Å². The maximum Gasteiger partial charge on any atom is 0.272 e. The Morgan fingerprint density at radius 2 is 2.16 bits per heavy atom. The average Bonchev–Trinajstić information content (AvgIpc) is 3.32. The highest BCUT2D eigenvalue weighted by Gasteiger charge is 2.41. The number of carbonyl (C=O) groups is 1. The zero-order chi connectivity index (χ0) is 17.3. The van der Waals surface area contributed by atoms with Crippen LogP contribution in [0, 0.1) is 12.8 Å². The molecule has 1 aromatic heterocycles. The van der Waals surface area contributed by atoms with E-state index in [0.29, 0.717) is 23.9 Å². The van der Waals surface area contributed by atoms with Crippen LogP contribution in [0.1, 0.15) is 35.8 Å². The third-order valence-corrected chi connectivity index (χ3v) is 4.70. The predicted octanol–water partition coefficient (Wildman–Crippen LogP) is 2.47. The Balaban J connectivity index is 0.00000225. The van der Waals surface area contributed by atoms with Gasteiger partial charge < -0.3 is 15.8 Å². The molecule has 6 nitrogen and oxygen atoms in total. The number of benzene rings is 1. The molecule has 1 atom stereocenters. The number of nitrogens with one attached hydrogen (secondary N) is 1. The number of rotatable bonds is 6. The van der Waals surface area contributed by atoms with Crippen molar-refractivity contribution in [2.75, 3.05) is 13.7 Å². The summed E-state index contributed by atoms with van der Waals surface area (Å²) in [5, 5.41) is 7.47. The highest BCUT2D eigenvalue weighted by molar-refractivity contribution is 5.92. The van der Waals surface area contributed by atoms with Crippen molar-refractivity contribution in [1.82, 2.24) is 15.1 Å². The van der Waals surface area contributed by atoms with Gasteiger partial charge in [0.25, 0.3) is 5.91 Å². The molecule has 0 bridgehead atoms. The molecule has 1 heterocycles. The van der Waals surface area contributed by atoms with Crippen molar-refractivity contribution in [3.05, 3.63) is 41.7 Å². The van der Waals surface area contributed by atoms with Gasteiger partial charge in [0, 0.05) is 12.7 Å². The maximum absolute atomic E-state index is 12.5. The molecule has 1 unspecified atom stereocenters. The number of aromatic nitrogens is 2.